The second-order valence-electron chi connectivity index (χ2n) is 7.28. The van der Waals surface area contributed by atoms with Gasteiger partial charge in [-0.25, -0.2) is 4.98 Å². The van der Waals surface area contributed by atoms with E-state index in [2.05, 4.69) is 17.2 Å². The third-order valence-corrected chi connectivity index (χ3v) is 5.04. The van der Waals surface area contributed by atoms with Gasteiger partial charge in [-0.05, 0) is 48.6 Å². The first-order valence-electron chi connectivity index (χ1n) is 9.53. The van der Waals surface area contributed by atoms with E-state index in [-0.39, 0.29) is 24.3 Å². The Bertz CT molecular complexity index is 899. The molecule has 1 N–H and O–H groups in total. The van der Waals surface area contributed by atoms with Gasteiger partial charge in [0.25, 0.3) is 11.8 Å². The average Bonchev–Trinajstić information content (AvgIpc) is 3.19. The fourth-order valence-corrected chi connectivity index (χ4v) is 3.54. The summed E-state index contributed by atoms with van der Waals surface area (Å²) in [5.41, 5.74) is 1.44. The number of benzene rings is 1. The Morgan fingerprint density at radius 1 is 1.18 bits per heavy atom. The summed E-state index contributed by atoms with van der Waals surface area (Å²) in [4.78, 5) is 31.3. The van der Waals surface area contributed by atoms with Crippen LogP contribution in [0, 0.1) is 5.92 Å². The first-order valence-corrected chi connectivity index (χ1v) is 9.53. The van der Waals surface area contributed by atoms with Crippen LogP contribution in [0.1, 0.15) is 46.3 Å². The van der Waals surface area contributed by atoms with E-state index in [1.807, 2.05) is 23.1 Å². The van der Waals surface area contributed by atoms with Crippen molar-refractivity contribution in [2.75, 3.05) is 19.9 Å². The quantitative estimate of drug-likeness (QED) is 0.881. The SMILES string of the molecule is CC1CCCN(C(=O)c2cccc(C(=O)NCc3ccc4c(c3)OCO4)n2)C1. The highest BCUT2D eigenvalue weighted by Gasteiger charge is 2.23. The molecule has 1 aromatic carbocycles. The lowest BCUT2D eigenvalue weighted by Crippen LogP contribution is -2.39. The van der Waals surface area contributed by atoms with Crippen LogP contribution in [0.3, 0.4) is 0 Å². The minimum atomic E-state index is -0.320. The van der Waals surface area contributed by atoms with Crippen LogP contribution in [0.4, 0.5) is 0 Å². The zero-order chi connectivity index (χ0) is 19.5. The molecule has 1 fully saturated rings. The van der Waals surface area contributed by atoms with E-state index in [9.17, 15) is 9.59 Å². The minimum Gasteiger partial charge on any atom is -0.454 e. The summed E-state index contributed by atoms with van der Waals surface area (Å²) in [6.07, 6.45) is 2.14. The average molecular weight is 381 g/mol. The highest BCUT2D eigenvalue weighted by atomic mass is 16.7. The molecule has 1 saturated heterocycles. The molecule has 2 aromatic rings. The normalized spacial score (nSPS) is 18.0. The lowest BCUT2D eigenvalue weighted by atomic mass is 10.00. The highest BCUT2D eigenvalue weighted by molar-refractivity contribution is 5.96. The highest BCUT2D eigenvalue weighted by Crippen LogP contribution is 2.32. The molecule has 3 heterocycles. The molecule has 2 aliphatic rings. The van der Waals surface area contributed by atoms with Gasteiger partial charge >= 0.3 is 0 Å². The maximum Gasteiger partial charge on any atom is 0.272 e. The van der Waals surface area contributed by atoms with E-state index < -0.39 is 0 Å². The number of ether oxygens (including phenoxy) is 2. The number of pyridine rings is 1. The predicted octanol–water partition coefficient (Wildman–Crippen LogP) is 2.61. The molecule has 1 unspecified atom stereocenters. The van der Waals surface area contributed by atoms with E-state index in [0.29, 0.717) is 29.7 Å². The Labute approximate surface area is 163 Å². The largest absolute Gasteiger partial charge is 0.454 e. The van der Waals surface area contributed by atoms with E-state index in [1.54, 1.807) is 18.2 Å². The molecule has 0 spiro atoms. The van der Waals surface area contributed by atoms with Crippen molar-refractivity contribution in [3.05, 3.63) is 53.3 Å². The number of nitrogens with one attached hydrogen (secondary N) is 1. The number of aromatic nitrogens is 1. The smallest absolute Gasteiger partial charge is 0.272 e. The first kappa shape index (κ1) is 18.3. The summed E-state index contributed by atoms with van der Waals surface area (Å²) in [6.45, 7) is 4.17. The molecule has 1 aromatic heterocycles. The Morgan fingerprint density at radius 3 is 2.86 bits per heavy atom. The number of fused-ring (bicyclic) bond motifs is 1. The molecular weight excluding hydrogens is 358 g/mol. The van der Waals surface area contributed by atoms with Crippen molar-refractivity contribution in [3.8, 4) is 11.5 Å². The van der Waals surface area contributed by atoms with Crippen molar-refractivity contribution >= 4 is 11.8 Å². The maximum atomic E-state index is 12.7. The molecule has 1 atom stereocenters. The van der Waals surface area contributed by atoms with Crippen molar-refractivity contribution in [2.45, 2.75) is 26.3 Å². The topological polar surface area (TPSA) is 80.8 Å². The van der Waals surface area contributed by atoms with Gasteiger partial charge in [0, 0.05) is 19.6 Å². The Balaban J connectivity index is 1.40. The van der Waals surface area contributed by atoms with Crippen LogP contribution in [0.15, 0.2) is 36.4 Å². The zero-order valence-electron chi connectivity index (χ0n) is 15.8. The monoisotopic (exact) mass is 381 g/mol. The van der Waals surface area contributed by atoms with Crippen LogP contribution in [-0.2, 0) is 6.54 Å². The van der Waals surface area contributed by atoms with Gasteiger partial charge < -0.3 is 19.7 Å². The number of likely N-dealkylation sites (tertiary alicyclic amines) is 1. The van der Waals surface area contributed by atoms with Crippen LogP contribution in [0.5, 0.6) is 11.5 Å². The fraction of sp³-hybridized carbons (Fsp3) is 0.381. The van der Waals surface area contributed by atoms with Crippen LogP contribution in [0.2, 0.25) is 0 Å². The minimum absolute atomic E-state index is 0.114. The van der Waals surface area contributed by atoms with Crippen molar-refractivity contribution in [2.24, 2.45) is 5.92 Å². The standard InChI is InChI=1S/C21H23N3O4/c1-14-4-3-9-24(12-14)21(26)17-6-2-5-16(23-17)20(25)22-11-15-7-8-18-19(10-15)28-13-27-18/h2,5-8,10,14H,3-4,9,11-13H2,1H3,(H,22,25). The summed E-state index contributed by atoms with van der Waals surface area (Å²) in [5, 5.41) is 2.84. The molecule has 2 amide bonds. The van der Waals surface area contributed by atoms with Gasteiger partial charge in [0.1, 0.15) is 11.4 Å². The number of hydrogen-bond donors (Lipinski definition) is 1. The van der Waals surface area contributed by atoms with E-state index >= 15 is 0 Å². The van der Waals surface area contributed by atoms with E-state index in [0.717, 1.165) is 31.5 Å². The van der Waals surface area contributed by atoms with Gasteiger partial charge in [-0.1, -0.05) is 19.1 Å². The molecule has 7 heteroatoms. The van der Waals surface area contributed by atoms with E-state index in [1.165, 1.54) is 0 Å². The number of carbonyl (C=O) groups is 2. The van der Waals surface area contributed by atoms with Gasteiger partial charge in [0.05, 0.1) is 0 Å². The summed E-state index contributed by atoms with van der Waals surface area (Å²) in [5.74, 6) is 1.44. The third-order valence-electron chi connectivity index (χ3n) is 5.04. The van der Waals surface area contributed by atoms with Crippen LogP contribution < -0.4 is 14.8 Å². The van der Waals surface area contributed by atoms with E-state index in [4.69, 9.17) is 9.47 Å². The molecule has 28 heavy (non-hydrogen) atoms. The number of nitrogens with zero attached hydrogens (tertiary/aromatic N) is 2. The predicted molar refractivity (Wildman–Crippen MR) is 102 cm³/mol. The molecule has 0 aliphatic carbocycles. The first-order chi connectivity index (χ1) is 13.6. The second-order valence-corrected chi connectivity index (χ2v) is 7.28. The number of piperidine rings is 1. The number of amides is 2. The molecule has 146 valence electrons. The van der Waals surface area contributed by atoms with Gasteiger partial charge in [-0.3, -0.25) is 9.59 Å². The Hall–Kier alpha value is -3.09. The molecule has 4 rings (SSSR count). The van der Waals surface area contributed by atoms with Crippen molar-refractivity contribution < 1.29 is 19.1 Å². The molecule has 2 aliphatic heterocycles. The molecular formula is C21H23N3O4. The molecule has 0 saturated carbocycles. The number of rotatable bonds is 4. The lowest BCUT2D eigenvalue weighted by molar-refractivity contribution is 0.0677. The van der Waals surface area contributed by atoms with Crippen LogP contribution >= 0.6 is 0 Å². The molecule has 0 radical (unpaired) electrons. The van der Waals surface area contributed by atoms with Gasteiger partial charge in [-0.2, -0.15) is 0 Å². The molecule has 0 bridgehead atoms. The summed E-state index contributed by atoms with van der Waals surface area (Å²) in [7, 11) is 0. The second kappa shape index (κ2) is 7.88. The lowest BCUT2D eigenvalue weighted by Gasteiger charge is -2.30. The Morgan fingerprint density at radius 2 is 2.00 bits per heavy atom. The maximum absolute atomic E-state index is 12.7. The van der Waals surface area contributed by atoms with Gasteiger partial charge in [-0.15, -0.1) is 0 Å². The van der Waals surface area contributed by atoms with Crippen molar-refractivity contribution in [3.63, 3.8) is 0 Å². The summed E-state index contributed by atoms with van der Waals surface area (Å²) in [6, 6.07) is 10.5. The zero-order valence-corrected chi connectivity index (χ0v) is 15.8. The van der Waals surface area contributed by atoms with Crippen LogP contribution in [0.25, 0.3) is 0 Å². The van der Waals surface area contributed by atoms with Crippen LogP contribution in [-0.4, -0.2) is 41.6 Å². The van der Waals surface area contributed by atoms with Crippen molar-refractivity contribution in [1.29, 1.82) is 0 Å². The Kier molecular flexibility index (Phi) is 5.14. The summed E-state index contributed by atoms with van der Waals surface area (Å²) >= 11 is 0. The van der Waals surface area contributed by atoms with Gasteiger partial charge in [0.15, 0.2) is 11.5 Å². The van der Waals surface area contributed by atoms with Crippen molar-refractivity contribution in [1.82, 2.24) is 15.2 Å². The fourth-order valence-electron chi connectivity index (χ4n) is 3.54. The molecule has 7 nitrogen and oxygen atoms in total. The van der Waals surface area contributed by atoms with Gasteiger partial charge in [0.2, 0.25) is 6.79 Å². The third kappa shape index (κ3) is 3.93. The summed E-state index contributed by atoms with van der Waals surface area (Å²) < 4.78 is 10.6. The number of carbonyl (C=O) groups excluding carboxylic acids is 2. The number of hydrogen-bond acceptors (Lipinski definition) is 5.